The maximum Gasteiger partial charge on any atom is 0.252 e. The minimum atomic E-state index is -0.311. The number of fused-ring (bicyclic) bond motifs is 10. The number of benzene rings is 12. The van der Waals surface area contributed by atoms with E-state index in [2.05, 4.69) is 367 Å². The van der Waals surface area contributed by atoms with E-state index >= 15 is 0 Å². The Labute approximate surface area is 574 Å². The van der Waals surface area contributed by atoms with Crippen molar-refractivity contribution in [3.8, 4) is 50.2 Å². The largest absolute Gasteiger partial charge is 0.456 e. The zero-order valence-corrected chi connectivity index (χ0v) is 59.0. The van der Waals surface area contributed by atoms with Gasteiger partial charge in [-0.3, -0.25) is 0 Å². The van der Waals surface area contributed by atoms with Gasteiger partial charge in [0.05, 0.1) is 27.8 Å². The van der Waals surface area contributed by atoms with E-state index in [-0.39, 0.29) is 33.8 Å². The quantitative estimate of drug-likeness (QED) is 0.149. The molecule has 0 aliphatic carbocycles. The molecule has 2 aliphatic heterocycles. The molecular weight excluding hydrogens is 1170 g/mol. The molecule has 0 saturated heterocycles. The second-order valence-electron chi connectivity index (χ2n) is 32.6. The van der Waals surface area contributed by atoms with E-state index in [0.29, 0.717) is 0 Å². The molecule has 0 bridgehead atoms. The van der Waals surface area contributed by atoms with Crippen LogP contribution in [0, 0.1) is 0 Å². The van der Waals surface area contributed by atoms with Crippen LogP contribution in [0.5, 0.6) is 0 Å². The fourth-order valence-corrected chi connectivity index (χ4v) is 15.5. The van der Waals surface area contributed by atoms with Crippen LogP contribution < -0.4 is 26.2 Å². The Hall–Kier alpha value is -10.1. The van der Waals surface area contributed by atoms with E-state index in [1.54, 1.807) is 0 Å². The number of para-hydroxylation sites is 1. The van der Waals surface area contributed by atoms with Crippen molar-refractivity contribution in [1.82, 2.24) is 4.57 Å². The molecule has 0 radical (unpaired) electrons. The summed E-state index contributed by atoms with van der Waals surface area (Å²) in [6.45, 7) is 35.0. The van der Waals surface area contributed by atoms with Crippen molar-refractivity contribution in [3.63, 3.8) is 0 Å². The van der Waals surface area contributed by atoms with Gasteiger partial charge in [-0.2, -0.15) is 0 Å². The summed E-state index contributed by atoms with van der Waals surface area (Å²) >= 11 is 0. The van der Waals surface area contributed by atoms with Crippen LogP contribution in [0.1, 0.15) is 132 Å². The number of hydrogen-bond acceptors (Lipinski definition) is 3. The van der Waals surface area contributed by atoms with Gasteiger partial charge >= 0.3 is 0 Å². The monoisotopic (exact) mass is 1260 g/mol. The first-order valence-corrected chi connectivity index (χ1v) is 34.8. The molecule has 0 fully saturated rings. The summed E-state index contributed by atoms with van der Waals surface area (Å²) in [5.41, 5.74) is 30.9. The molecule has 2 aromatic heterocycles. The third-order valence-electron chi connectivity index (χ3n) is 20.9. The van der Waals surface area contributed by atoms with Crippen LogP contribution in [0.3, 0.4) is 0 Å². The summed E-state index contributed by atoms with van der Waals surface area (Å²) in [6, 6.07) is 95.3. The van der Waals surface area contributed by atoms with E-state index in [4.69, 9.17) is 4.42 Å². The highest BCUT2D eigenvalue weighted by atomic mass is 16.3. The van der Waals surface area contributed by atoms with Crippen molar-refractivity contribution in [2.75, 3.05) is 9.80 Å². The van der Waals surface area contributed by atoms with Gasteiger partial charge in [0.2, 0.25) is 0 Å². The molecule has 5 heteroatoms. The summed E-state index contributed by atoms with van der Waals surface area (Å²) in [7, 11) is 0. The number of nitrogens with zero attached hydrogens (tertiary/aromatic N) is 3. The van der Waals surface area contributed by atoms with Gasteiger partial charge in [-0.1, -0.05) is 268 Å². The third kappa shape index (κ3) is 10.3. The average molecular weight is 1260 g/mol. The fraction of sp³-hybridized carbons (Fsp3) is 0.217. The molecule has 478 valence electrons. The van der Waals surface area contributed by atoms with Crippen molar-refractivity contribution in [1.29, 1.82) is 0 Å². The molecule has 4 nitrogen and oxygen atoms in total. The standard InChI is InChI=1S/C92H86BN3O/c1-88(2,3)62-35-27-34-60(48-62)61-38-43-74-78(49-61)96(87-68(57-28-19-16-20-29-57)42-47-83-84(87)69-36-25-26-37-82(69)97-83)81-55-66(92(13,14)15)54-80-85(81)93(74)75-44-41-67(94-76-45-39-63(89(4,5)6)50-72(76)73-51-64(90(7,8)9)40-46-77(73)94)56-79(75)95(80)86-70(58-30-21-17-22-31-58)52-65(91(10,11)12)53-71(86)59-32-23-18-24-33-59/h16-56H,1-15H3. The van der Waals surface area contributed by atoms with Gasteiger partial charge in [0.1, 0.15) is 11.2 Å². The minimum absolute atomic E-state index is 0.0464. The lowest BCUT2D eigenvalue weighted by Crippen LogP contribution is -2.61. The first-order chi connectivity index (χ1) is 46.3. The summed E-state index contributed by atoms with van der Waals surface area (Å²) in [5, 5.41) is 4.70. The molecule has 12 aromatic carbocycles. The van der Waals surface area contributed by atoms with E-state index in [0.717, 1.165) is 84.0 Å². The molecule has 0 saturated carbocycles. The van der Waals surface area contributed by atoms with Crippen molar-refractivity contribution < 1.29 is 4.42 Å². The Balaban J connectivity index is 1.09. The first-order valence-electron chi connectivity index (χ1n) is 34.8. The van der Waals surface area contributed by atoms with Crippen molar-refractivity contribution in [2.24, 2.45) is 0 Å². The maximum atomic E-state index is 7.01. The van der Waals surface area contributed by atoms with Gasteiger partial charge in [-0.15, -0.1) is 0 Å². The molecule has 16 rings (SSSR count). The molecule has 0 amide bonds. The minimum Gasteiger partial charge on any atom is -0.456 e. The zero-order chi connectivity index (χ0) is 67.4. The van der Waals surface area contributed by atoms with E-state index < -0.39 is 0 Å². The van der Waals surface area contributed by atoms with Crippen LogP contribution in [0.2, 0.25) is 0 Å². The predicted molar refractivity (Wildman–Crippen MR) is 417 cm³/mol. The van der Waals surface area contributed by atoms with Crippen LogP contribution in [0.25, 0.3) is 93.9 Å². The lowest BCUT2D eigenvalue weighted by molar-refractivity contribution is 0.590. The molecule has 0 unspecified atom stereocenters. The van der Waals surface area contributed by atoms with Crippen molar-refractivity contribution in [2.45, 2.75) is 131 Å². The number of rotatable bonds is 7. The Kier molecular flexibility index (Phi) is 14.2. The van der Waals surface area contributed by atoms with Crippen molar-refractivity contribution >= 4 is 101 Å². The molecule has 4 heterocycles. The summed E-state index contributed by atoms with van der Waals surface area (Å²) in [6.07, 6.45) is 0. The Bertz CT molecular complexity index is 5350. The number of anilines is 6. The predicted octanol–water partition coefficient (Wildman–Crippen LogP) is 23.9. The summed E-state index contributed by atoms with van der Waals surface area (Å²) in [4.78, 5) is 5.40. The Morgan fingerprint density at radius 1 is 0.289 bits per heavy atom. The molecule has 0 spiro atoms. The number of furan rings is 1. The van der Waals surface area contributed by atoms with Crippen LogP contribution in [-0.4, -0.2) is 11.3 Å². The normalized spacial score (nSPS) is 13.5. The average Bonchev–Trinajstić information content (AvgIpc) is 1.32. The zero-order valence-electron chi connectivity index (χ0n) is 59.0. The molecule has 2 aliphatic rings. The lowest BCUT2D eigenvalue weighted by atomic mass is 9.33. The second kappa shape index (κ2) is 22.2. The molecular formula is C92H86BN3O. The van der Waals surface area contributed by atoms with Crippen molar-refractivity contribution in [3.05, 3.63) is 277 Å². The molecule has 97 heavy (non-hydrogen) atoms. The molecule has 0 N–H and O–H groups in total. The van der Waals surface area contributed by atoms with Gasteiger partial charge in [0.15, 0.2) is 0 Å². The van der Waals surface area contributed by atoms with Gasteiger partial charge in [-0.05, 0) is 184 Å². The fourth-order valence-electron chi connectivity index (χ4n) is 15.5. The SMILES string of the molecule is CC(C)(C)c1cccc(-c2ccc3c(c2)N(c2c(-c4ccccc4)ccc4oc5ccccc5c24)c2cc(C(C)(C)C)cc4c2B3c2ccc(-n3c5ccc(C(C)(C)C)cc5c5cc(C(C)(C)C)ccc53)cc2N4c2c(-c3ccccc3)cc(C(C)(C)C)cc2-c2ccccc2)c1. The second-order valence-corrected chi connectivity index (χ2v) is 32.6. The van der Waals surface area contributed by atoms with Crippen LogP contribution in [0.15, 0.2) is 253 Å². The van der Waals surface area contributed by atoms with E-state index in [9.17, 15) is 0 Å². The third-order valence-corrected chi connectivity index (χ3v) is 20.9. The first kappa shape index (κ1) is 61.8. The topological polar surface area (TPSA) is 24.6 Å². The van der Waals surface area contributed by atoms with E-state index in [1.807, 2.05) is 0 Å². The highest BCUT2D eigenvalue weighted by Gasteiger charge is 2.46. The highest BCUT2D eigenvalue weighted by Crippen LogP contribution is 2.56. The lowest BCUT2D eigenvalue weighted by Gasteiger charge is -2.46. The van der Waals surface area contributed by atoms with Crippen LogP contribution in [0.4, 0.5) is 34.1 Å². The van der Waals surface area contributed by atoms with Crippen LogP contribution in [-0.2, 0) is 27.1 Å². The van der Waals surface area contributed by atoms with Gasteiger partial charge in [0.25, 0.3) is 6.71 Å². The van der Waals surface area contributed by atoms with Gasteiger partial charge in [-0.25, -0.2) is 0 Å². The van der Waals surface area contributed by atoms with Gasteiger partial charge < -0.3 is 18.8 Å². The smallest absolute Gasteiger partial charge is 0.252 e. The van der Waals surface area contributed by atoms with Gasteiger partial charge in [0, 0.05) is 61.3 Å². The maximum absolute atomic E-state index is 7.01. The molecule has 14 aromatic rings. The Morgan fingerprint density at radius 2 is 0.742 bits per heavy atom. The summed E-state index contributed by atoms with van der Waals surface area (Å²) < 4.78 is 9.57. The number of hydrogen-bond donors (Lipinski definition) is 0. The highest BCUT2D eigenvalue weighted by molar-refractivity contribution is 7.00. The molecule has 0 atom stereocenters. The van der Waals surface area contributed by atoms with Crippen LogP contribution >= 0.6 is 0 Å². The Morgan fingerprint density at radius 3 is 1.29 bits per heavy atom. The number of aromatic nitrogens is 1. The van der Waals surface area contributed by atoms with E-state index in [1.165, 1.54) is 88.3 Å². The summed E-state index contributed by atoms with van der Waals surface area (Å²) in [5.74, 6) is 0.